The average molecular weight is 527 g/mol. The summed E-state index contributed by atoms with van der Waals surface area (Å²) in [6, 6.07) is 31.1. The molecule has 4 heteroatoms. The van der Waals surface area contributed by atoms with E-state index in [9.17, 15) is 0 Å². The first kappa shape index (κ1) is 23.5. The lowest BCUT2D eigenvalue weighted by Gasteiger charge is -2.41. The zero-order valence-corrected chi connectivity index (χ0v) is 22.5. The van der Waals surface area contributed by atoms with Crippen LogP contribution in [-0.2, 0) is 0 Å². The summed E-state index contributed by atoms with van der Waals surface area (Å²) in [5.74, 6) is 1.03. The molecule has 0 bridgehead atoms. The van der Waals surface area contributed by atoms with Gasteiger partial charge >= 0.3 is 0 Å². The van der Waals surface area contributed by atoms with Crippen molar-refractivity contribution in [2.75, 3.05) is 0 Å². The van der Waals surface area contributed by atoms with Crippen molar-refractivity contribution in [1.29, 1.82) is 0 Å². The van der Waals surface area contributed by atoms with Gasteiger partial charge in [0.15, 0.2) is 12.3 Å². The third-order valence-corrected chi connectivity index (χ3v) is 10.4. The molecule has 4 N–H and O–H groups in total. The number of hydrogen-bond donors (Lipinski definition) is 3. The Labute approximate surface area is 233 Å². The van der Waals surface area contributed by atoms with E-state index in [1.54, 1.807) is 0 Å². The van der Waals surface area contributed by atoms with Gasteiger partial charge in [0.05, 0.1) is 6.17 Å². The number of nitrogens with one attached hydrogen (secondary N) is 2. The van der Waals surface area contributed by atoms with Crippen LogP contribution in [-0.4, -0.2) is 16.7 Å². The quantitative estimate of drug-likeness (QED) is 0.302. The molecule has 6 atom stereocenters. The minimum absolute atomic E-state index is 0.0825. The van der Waals surface area contributed by atoms with Crippen molar-refractivity contribution in [1.82, 2.24) is 10.6 Å². The molecule has 2 aliphatic heterocycles. The summed E-state index contributed by atoms with van der Waals surface area (Å²) in [7, 11) is 0. The standard InChI is InChI=1S/C35H31N3S/c1-3-10-24-20-26(18-16-22(24)8-1)33-36-34(27-19-17-23-9-2-4-11-25(23)21-27)38-35(37-33)29-13-7-15-31-32(29)28-12-5-6-14-30(28)39-31/h1-21,28,30-38H/p+1. The number of fused-ring (bicyclic) bond motifs is 5. The Morgan fingerprint density at radius 3 is 1.85 bits per heavy atom. The van der Waals surface area contributed by atoms with Crippen LogP contribution >= 0.6 is 11.8 Å². The molecule has 192 valence electrons. The van der Waals surface area contributed by atoms with E-state index >= 15 is 0 Å². The lowest BCUT2D eigenvalue weighted by molar-refractivity contribution is -0.754. The highest BCUT2D eigenvalue weighted by atomic mass is 32.2. The molecular weight excluding hydrogens is 494 g/mol. The molecule has 2 aliphatic carbocycles. The van der Waals surface area contributed by atoms with E-state index in [2.05, 4.69) is 155 Å². The number of allylic oxidation sites excluding steroid dienone is 5. The first-order chi connectivity index (χ1) is 19.3. The zero-order valence-electron chi connectivity index (χ0n) is 21.7. The summed E-state index contributed by atoms with van der Waals surface area (Å²) in [5, 5.41) is 16.7. The molecular formula is C35H32N3S+. The van der Waals surface area contributed by atoms with Gasteiger partial charge in [0, 0.05) is 33.5 Å². The molecule has 4 aromatic carbocycles. The normalized spacial score (nSPS) is 31.3. The van der Waals surface area contributed by atoms with Crippen molar-refractivity contribution in [3.63, 3.8) is 0 Å². The van der Waals surface area contributed by atoms with Crippen molar-refractivity contribution in [2.24, 2.45) is 11.8 Å². The number of hydrogen-bond acceptors (Lipinski definition) is 3. The summed E-state index contributed by atoms with van der Waals surface area (Å²) in [6.07, 6.45) is 16.7. The third kappa shape index (κ3) is 4.19. The average Bonchev–Trinajstić information content (AvgIpc) is 3.39. The van der Waals surface area contributed by atoms with Gasteiger partial charge < -0.3 is 5.32 Å². The van der Waals surface area contributed by atoms with Crippen LogP contribution in [0.1, 0.15) is 23.5 Å². The molecule has 8 rings (SSSR count). The van der Waals surface area contributed by atoms with Crippen molar-refractivity contribution < 1.29 is 5.32 Å². The van der Waals surface area contributed by atoms with Crippen molar-refractivity contribution >= 4 is 33.3 Å². The Morgan fingerprint density at radius 2 is 1.18 bits per heavy atom. The molecule has 6 unspecified atom stereocenters. The molecule has 0 radical (unpaired) electrons. The van der Waals surface area contributed by atoms with E-state index in [1.165, 1.54) is 38.2 Å². The van der Waals surface area contributed by atoms with Gasteiger partial charge in [0.1, 0.15) is 0 Å². The second kappa shape index (κ2) is 9.65. The van der Waals surface area contributed by atoms with Gasteiger partial charge in [-0.25, -0.2) is 10.6 Å². The van der Waals surface area contributed by atoms with Gasteiger partial charge in [0.25, 0.3) is 0 Å². The zero-order chi connectivity index (χ0) is 25.8. The predicted molar refractivity (Wildman–Crippen MR) is 163 cm³/mol. The Kier molecular flexibility index (Phi) is 5.81. The minimum atomic E-state index is 0.0825. The first-order valence-corrected chi connectivity index (χ1v) is 15.0. The smallest absolute Gasteiger partial charge is 0.169 e. The number of thioether (sulfide) groups is 1. The van der Waals surface area contributed by atoms with Gasteiger partial charge in [0.2, 0.25) is 0 Å². The summed E-state index contributed by atoms with van der Waals surface area (Å²) in [6.45, 7) is 0. The van der Waals surface area contributed by atoms with Crippen molar-refractivity contribution in [3.05, 3.63) is 144 Å². The largest absolute Gasteiger partial charge is 0.309 e. The van der Waals surface area contributed by atoms with Gasteiger partial charge in [-0.15, -0.1) is 11.8 Å². The van der Waals surface area contributed by atoms with Gasteiger partial charge in [-0.05, 0) is 39.3 Å². The number of nitrogens with two attached hydrogens (primary N) is 1. The summed E-state index contributed by atoms with van der Waals surface area (Å²) >= 11 is 2.11. The monoisotopic (exact) mass is 526 g/mol. The SMILES string of the molecule is C1=CC2SC3C=CC=C(C4NC(c5ccc6ccccc6c5)[NH2+]C(c5ccc6ccccc6c5)N4)C3C2C=C1. The molecule has 0 spiro atoms. The van der Waals surface area contributed by atoms with E-state index in [0.29, 0.717) is 22.3 Å². The predicted octanol–water partition coefficient (Wildman–Crippen LogP) is 6.11. The van der Waals surface area contributed by atoms with Crippen LogP contribution in [0.25, 0.3) is 21.5 Å². The van der Waals surface area contributed by atoms with Crippen LogP contribution in [0.2, 0.25) is 0 Å². The Hall–Kier alpha value is -3.41. The third-order valence-electron chi connectivity index (χ3n) is 8.86. The fourth-order valence-corrected chi connectivity index (χ4v) is 8.60. The highest BCUT2D eigenvalue weighted by Crippen LogP contribution is 2.51. The molecule has 0 aromatic heterocycles. The topological polar surface area (TPSA) is 40.7 Å². The molecule has 3 nitrogen and oxygen atoms in total. The lowest BCUT2D eigenvalue weighted by atomic mass is 9.76. The molecule has 2 heterocycles. The van der Waals surface area contributed by atoms with E-state index in [0.717, 1.165) is 0 Å². The van der Waals surface area contributed by atoms with Crippen molar-refractivity contribution in [3.8, 4) is 0 Å². The molecule has 0 amide bonds. The van der Waals surface area contributed by atoms with Crippen molar-refractivity contribution in [2.45, 2.75) is 29.0 Å². The summed E-state index contributed by atoms with van der Waals surface area (Å²) in [5.41, 5.74) is 4.11. The van der Waals surface area contributed by atoms with Gasteiger partial charge in [-0.3, -0.25) is 0 Å². The second-order valence-corrected chi connectivity index (χ2v) is 12.5. The number of rotatable bonds is 3. The van der Waals surface area contributed by atoms with Crippen LogP contribution < -0.4 is 16.0 Å². The first-order valence-electron chi connectivity index (χ1n) is 14.0. The Morgan fingerprint density at radius 1 is 0.590 bits per heavy atom. The van der Waals surface area contributed by atoms with E-state index in [-0.39, 0.29) is 18.5 Å². The Bertz CT molecular complexity index is 1600. The molecule has 2 fully saturated rings. The maximum absolute atomic E-state index is 4.03. The van der Waals surface area contributed by atoms with Crippen LogP contribution in [0.3, 0.4) is 0 Å². The molecule has 2 saturated heterocycles. The van der Waals surface area contributed by atoms with Crippen LogP contribution in [0.4, 0.5) is 0 Å². The van der Waals surface area contributed by atoms with Crippen LogP contribution in [0, 0.1) is 11.8 Å². The van der Waals surface area contributed by atoms with E-state index in [4.69, 9.17) is 0 Å². The highest BCUT2D eigenvalue weighted by molar-refractivity contribution is 8.01. The van der Waals surface area contributed by atoms with Gasteiger partial charge in [-0.1, -0.05) is 115 Å². The van der Waals surface area contributed by atoms with Crippen LogP contribution in [0.15, 0.2) is 133 Å². The van der Waals surface area contributed by atoms with Crippen LogP contribution in [0.5, 0.6) is 0 Å². The molecule has 39 heavy (non-hydrogen) atoms. The molecule has 0 saturated carbocycles. The fraction of sp³-hybridized carbons (Fsp3) is 0.200. The van der Waals surface area contributed by atoms with Gasteiger partial charge in [-0.2, -0.15) is 0 Å². The van der Waals surface area contributed by atoms with E-state index in [1.807, 2.05) is 0 Å². The maximum atomic E-state index is 4.03. The fourth-order valence-electron chi connectivity index (χ4n) is 6.92. The maximum Gasteiger partial charge on any atom is 0.169 e. The summed E-state index contributed by atoms with van der Waals surface area (Å²) < 4.78 is 0. The number of benzene rings is 4. The molecule has 4 aliphatic rings. The second-order valence-electron chi connectivity index (χ2n) is 11.1. The molecule has 4 aromatic rings. The minimum Gasteiger partial charge on any atom is -0.309 e. The highest BCUT2D eigenvalue weighted by Gasteiger charge is 2.47. The Balaban J connectivity index is 1.19. The van der Waals surface area contributed by atoms with E-state index < -0.39 is 0 Å². The lowest BCUT2D eigenvalue weighted by Crippen LogP contribution is -2.96. The summed E-state index contributed by atoms with van der Waals surface area (Å²) in [4.78, 5) is 0. The number of quaternary nitrogens is 1.